The van der Waals surface area contributed by atoms with Crippen LogP contribution in [0.25, 0.3) is 6.08 Å². The van der Waals surface area contributed by atoms with Gasteiger partial charge in [0.05, 0.1) is 27.2 Å². The van der Waals surface area contributed by atoms with E-state index in [1.807, 2.05) is 48.5 Å². The number of nitrogens with one attached hydrogen (secondary N) is 1. The van der Waals surface area contributed by atoms with Crippen LogP contribution in [0.5, 0.6) is 11.5 Å². The fraction of sp³-hybridized carbons (Fsp3) is 0.240. The summed E-state index contributed by atoms with van der Waals surface area (Å²) in [6, 6.07) is 18.0. The normalized spacial score (nSPS) is 21.9. The van der Waals surface area contributed by atoms with E-state index in [9.17, 15) is 5.26 Å². The molecule has 0 amide bonds. The number of nitrogens with zero attached hydrogens (tertiary/aromatic N) is 1. The van der Waals surface area contributed by atoms with Crippen molar-refractivity contribution >= 4 is 6.08 Å². The molecule has 0 bridgehead atoms. The van der Waals surface area contributed by atoms with Crippen LogP contribution < -0.4 is 20.1 Å². The highest BCUT2D eigenvalue weighted by molar-refractivity contribution is 5.63. The molecule has 0 aliphatic carbocycles. The molecule has 3 N–H and O–H groups in total. The standard InChI is InChI=1S/C25H25N3O3/c1-28-14-18(10-16-6-4-8-19(11-16)29-2)24-22(15-28)23(21(13-26)25(27)31-24)17-7-5-9-20(12-17)30-3/h4-12,23H,14-15,27H2,1-3H3/p+1/b18-10-/t23-/m0/s1. The van der Waals surface area contributed by atoms with E-state index in [1.54, 1.807) is 14.2 Å². The Morgan fingerprint density at radius 1 is 1.10 bits per heavy atom. The summed E-state index contributed by atoms with van der Waals surface area (Å²) in [6.45, 7) is 1.54. The van der Waals surface area contributed by atoms with Crippen molar-refractivity contribution in [1.29, 1.82) is 5.26 Å². The molecular weight excluding hydrogens is 390 g/mol. The van der Waals surface area contributed by atoms with Gasteiger partial charge < -0.3 is 24.8 Å². The van der Waals surface area contributed by atoms with Crippen molar-refractivity contribution < 1.29 is 19.1 Å². The lowest BCUT2D eigenvalue weighted by molar-refractivity contribution is -0.871. The van der Waals surface area contributed by atoms with Crippen LogP contribution in [0.1, 0.15) is 17.0 Å². The lowest BCUT2D eigenvalue weighted by Gasteiger charge is -2.35. The van der Waals surface area contributed by atoms with E-state index < -0.39 is 0 Å². The highest BCUT2D eigenvalue weighted by atomic mass is 16.5. The molecule has 158 valence electrons. The molecule has 2 aliphatic rings. The summed E-state index contributed by atoms with van der Waals surface area (Å²) >= 11 is 0. The Hall–Kier alpha value is -3.69. The number of hydrogen-bond donors (Lipinski definition) is 2. The Morgan fingerprint density at radius 3 is 2.52 bits per heavy atom. The fourth-order valence-corrected chi connectivity index (χ4v) is 4.28. The number of nitriles is 1. The van der Waals surface area contributed by atoms with Gasteiger partial charge >= 0.3 is 0 Å². The lowest BCUT2D eigenvalue weighted by atomic mass is 9.80. The van der Waals surface area contributed by atoms with E-state index in [2.05, 4.69) is 19.2 Å². The summed E-state index contributed by atoms with van der Waals surface area (Å²) in [7, 11) is 5.43. The molecule has 0 radical (unpaired) electrons. The Morgan fingerprint density at radius 2 is 1.81 bits per heavy atom. The second-order valence-corrected chi connectivity index (χ2v) is 7.81. The first kappa shape index (κ1) is 20.6. The average Bonchev–Trinajstić information content (AvgIpc) is 2.79. The summed E-state index contributed by atoms with van der Waals surface area (Å²) < 4.78 is 16.8. The first-order chi connectivity index (χ1) is 15.0. The number of ether oxygens (including phenoxy) is 3. The van der Waals surface area contributed by atoms with Crippen LogP contribution in [0, 0.1) is 11.3 Å². The summed E-state index contributed by atoms with van der Waals surface area (Å²) in [5.74, 6) is 2.19. The maximum absolute atomic E-state index is 9.88. The third kappa shape index (κ3) is 4.00. The predicted molar refractivity (Wildman–Crippen MR) is 118 cm³/mol. The second kappa shape index (κ2) is 8.58. The minimum absolute atomic E-state index is 0.158. The van der Waals surface area contributed by atoms with Gasteiger partial charge in [-0.05, 0) is 41.5 Å². The minimum atomic E-state index is -0.271. The molecule has 2 aromatic carbocycles. The molecule has 2 atom stereocenters. The van der Waals surface area contributed by atoms with Crippen LogP contribution in [0.3, 0.4) is 0 Å². The zero-order valence-corrected chi connectivity index (χ0v) is 17.9. The van der Waals surface area contributed by atoms with Gasteiger partial charge in [-0.1, -0.05) is 24.3 Å². The number of hydrogen-bond acceptors (Lipinski definition) is 5. The fourth-order valence-electron chi connectivity index (χ4n) is 4.28. The van der Waals surface area contributed by atoms with Crippen molar-refractivity contribution in [1.82, 2.24) is 0 Å². The SMILES string of the molecule is COc1cccc(/C=C2/C[NH+](C)CC3=C2OC(N)=C(C#N)[C@@H]3c2cccc(OC)c2)c1. The monoisotopic (exact) mass is 416 g/mol. The van der Waals surface area contributed by atoms with Crippen molar-refractivity contribution in [2.45, 2.75) is 5.92 Å². The number of nitrogens with two attached hydrogens (primary N) is 1. The first-order valence-electron chi connectivity index (χ1n) is 10.1. The smallest absolute Gasteiger partial charge is 0.205 e. The van der Waals surface area contributed by atoms with E-state index in [1.165, 1.54) is 4.90 Å². The van der Waals surface area contributed by atoms with Crippen molar-refractivity contribution in [3.05, 3.63) is 88.0 Å². The third-order valence-electron chi connectivity index (χ3n) is 5.66. The molecule has 31 heavy (non-hydrogen) atoms. The number of benzene rings is 2. The lowest BCUT2D eigenvalue weighted by Crippen LogP contribution is -3.10. The van der Waals surface area contributed by atoms with Crippen LogP contribution >= 0.6 is 0 Å². The van der Waals surface area contributed by atoms with E-state index >= 15 is 0 Å². The quantitative estimate of drug-likeness (QED) is 0.800. The minimum Gasteiger partial charge on any atom is -0.497 e. The van der Waals surface area contributed by atoms with Crippen LogP contribution in [0.4, 0.5) is 0 Å². The van der Waals surface area contributed by atoms with Crippen LogP contribution in [0.15, 0.2) is 76.9 Å². The van der Waals surface area contributed by atoms with E-state index in [4.69, 9.17) is 19.9 Å². The van der Waals surface area contributed by atoms with Gasteiger partial charge in [0.25, 0.3) is 0 Å². The molecule has 0 spiro atoms. The first-order valence-corrected chi connectivity index (χ1v) is 10.1. The molecule has 2 heterocycles. The van der Waals surface area contributed by atoms with Crippen molar-refractivity contribution in [3.8, 4) is 17.6 Å². The highest BCUT2D eigenvalue weighted by Gasteiger charge is 2.39. The molecule has 0 saturated carbocycles. The van der Waals surface area contributed by atoms with Crippen LogP contribution in [0.2, 0.25) is 0 Å². The predicted octanol–water partition coefficient (Wildman–Crippen LogP) is 2.38. The van der Waals surface area contributed by atoms with Gasteiger partial charge in [0, 0.05) is 11.1 Å². The Bertz CT molecular complexity index is 1140. The second-order valence-electron chi connectivity index (χ2n) is 7.81. The molecule has 2 aromatic rings. The highest BCUT2D eigenvalue weighted by Crippen LogP contribution is 2.42. The molecule has 6 heteroatoms. The molecule has 1 unspecified atom stereocenters. The van der Waals surface area contributed by atoms with Gasteiger partial charge in [-0.2, -0.15) is 5.26 Å². The van der Waals surface area contributed by atoms with Crippen molar-refractivity contribution in [2.75, 3.05) is 34.4 Å². The molecular formula is C25H26N3O3+. The van der Waals surface area contributed by atoms with Crippen LogP contribution in [-0.2, 0) is 4.74 Å². The van der Waals surface area contributed by atoms with E-state index in [-0.39, 0.29) is 11.8 Å². The Balaban J connectivity index is 1.86. The number of likely N-dealkylation sites (N-methyl/N-ethyl adjacent to an activating group) is 1. The van der Waals surface area contributed by atoms with Gasteiger partial charge in [0.2, 0.25) is 5.88 Å². The van der Waals surface area contributed by atoms with Gasteiger partial charge in [-0.3, -0.25) is 0 Å². The van der Waals surface area contributed by atoms with Gasteiger partial charge in [-0.25, -0.2) is 0 Å². The molecule has 6 nitrogen and oxygen atoms in total. The largest absolute Gasteiger partial charge is 0.497 e. The van der Waals surface area contributed by atoms with E-state index in [0.29, 0.717) is 5.57 Å². The summed E-state index contributed by atoms with van der Waals surface area (Å²) in [6.07, 6.45) is 2.10. The van der Waals surface area contributed by atoms with Crippen molar-refractivity contribution in [3.63, 3.8) is 0 Å². The topological polar surface area (TPSA) is 81.9 Å². The van der Waals surface area contributed by atoms with Gasteiger partial charge in [0.1, 0.15) is 42.0 Å². The summed E-state index contributed by atoms with van der Waals surface area (Å²) in [4.78, 5) is 1.31. The molecule has 0 fully saturated rings. The molecule has 0 saturated heterocycles. The van der Waals surface area contributed by atoms with Gasteiger partial charge in [0.15, 0.2) is 0 Å². The number of allylic oxidation sites excluding steroid dienone is 1. The molecule has 0 aromatic heterocycles. The number of quaternary nitrogens is 1. The summed E-state index contributed by atoms with van der Waals surface area (Å²) in [5, 5.41) is 9.88. The Labute approximate surface area is 182 Å². The number of rotatable bonds is 4. The maximum atomic E-state index is 9.88. The van der Waals surface area contributed by atoms with Crippen molar-refractivity contribution in [2.24, 2.45) is 5.73 Å². The average molecular weight is 417 g/mol. The maximum Gasteiger partial charge on any atom is 0.205 e. The molecule has 2 aliphatic heterocycles. The molecule has 4 rings (SSSR count). The zero-order valence-electron chi connectivity index (χ0n) is 17.9. The summed E-state index contributed by atoms with van der Waals surface area (Å²) in [5.41, 5.74) is 10.8. The van der Waals surface area contributed by atoms with Crippen LogP contribution in [-0.4, -0.2) is 34.4 Å². The third-order valence-corrected chi connectivity index (χ3v) is 5.66. The van der Waals surface area contributed by atoms with Gasteiger partial charge in [-0.15, -0.1) is 0 Å². The van der Waals surface area contributed by atoms with E-state index in [0.717, 1.165) is 52.6 Å². The Kier molecular flexibility index (Phi) is 5.70. The number of methoxy groups -OCH3 is 2. The zero-order chi connectivity index (χ0) is 22.0.